The van der Waals surface area contributed by atoms with Crippen LogP contribution in [0.4, 0.5) is 5.69 Å². The molecule has 0 heterocycles. The van der Waals surface area contributed by atoms with Gasteiger partial charge < -0.3 is 5.11 Å². The molecule has 120 valence electrons. The Morgan fingerprint density at radius 2 is 1.43 bits per heavy atom. The van der Waals surface area contributed by atoms with E-state index in [0.717, 1.165) is 22.0 Å². The van der Waals surface area contributed by atoms with Gasteiger partial charge in [-0.05, 0) is 23.6 Å². The summed E-state index contributed by atoms with van der Waals surface area (Å²) in [6.07, 6.45) is 1.69. The molecule has 0 radical (unpaired) electrons. The van der Waals surface area contributed by atoms with E-state index >= 15 is 0 Å². The molecular weight excluding hydrogens is 594 g/mol. The summed E-state index contributed by atoms with van der Waals surface area (Å²) in [5.74, 6) is 0.276. The van der Waals surface area contributed by atoms with E-state index < -0.39 is 0 Å². The fourth-order valence-electron chi connectivity index (χ4n) is 2.03. The number of benzene rings is 3. The summed E-state index contributed by atoms with van der Waals surface area (Å²) >= 11 is 0.333. The van der Waals surface area contributed by atoms with Crippen molar-refractivity contribution in [3.8, 4) is 5.75 Å². The number of halogens is 2. The van der Waals surface area contributed by atoms with Crippen molar-refractivity contribution in [3.05, 3.63) is 72.3 Å². The van der Waals surface area contributed by atoms with Gasteiger partial charge in [-0.15, -0.1) is 34.0 Å². The molecular formula is C17H15Br2NO2W. The van der Waals surface area contributed by atoms with Gasteiger partial charge in [0, 0.05) is 17.2 Å². The predicted octanol–water partition coefficient (Wildman–Crippen LogP) is 5.33. The maximum absolute atomic E-state index is 10.2. The van der Waals surface area contributed by atoms with Crippen LogP contribution in [0.5, 0.6) is 5.75 Å². The van der Waals surface area contributed by atoms with Crippen LogP contribution in [0.25, 0.3) is 10.8 Å². The van der Waals surface area contributed by atoms with Crippen LogP contribution in [0, 0.1) is 0 Å². The Kier molecular flexibility index (Phi) is 10.8. The summed E-state index contributed by atoms with van der Waals surface area (Å²) in [6, 6.07) is 21.3. The molecule has 6 heteroatoms. The van der Waals surface area contributed by atoms with E-state index in [0.29, 0.717) is 19.8 Å². The van der Waals surface area contributed by atoms with Crippen molar-refractivity contribution in [2.45, 2.75) is 0 Å². The van der Waals surface area contributed by atoms with Gasteiger partial charge in [-0.25, -0.2) is 0 Å². The zero-order valence-electron chi connectivity index (χ0n) is 12.0. The topological polar surface area (TPSA) is 49.7 Å². The van der Waals surface area contributed by atoms with Crippen molar-refractivity contribution in [3.63, 3.8) is 0 Å². The fourth-order valence-corrected chi connectivity index (χ4v) is 2.03. The molecule has 0 unspecified atom stereocenters. The van der Waals surface area contributed by atoms with E-state index in [1.54, 1.807) is 6.21 Å². The SMILES string of the molecule is Br.Br.Oc1c(C=Nc2ccccc2)ccc2ccccc12.[O]=[W]. The van der Waals surface area contributed by atoms with Gasteiger partial charge in [0.15, 0.2) is 0 Å². The molecule has 0 aliphatic carbocycles. The number of hydrogen-bond donors (Lipinski definition) is 1. The number of aliphatic imine (C=N–C) groups is 1. The zero-order chi connectivity index (χ0) is 15.1. The van der Waals surface area contributed by atoms with Gasteiger partial charge in [0.2, 0.25) is 0 Å². The van der Waals surface area contributed by atoms with Crippen molar-refractivity contribution in [1.82, 2.24) is 0 Å². The van der Waals surface area contributed by atoms with Gasteiger partial charge in [0.25, 0.3) is 0 Å². The number of aromatic hydroxyl groups is 1. The second-order valence-corrected chi connectivity index (χ2v) is 4.32. The van der Waals surface area contributed by atoms with Gasteiger partial charge in [-0.3, -0.25) is 4.99 Å². The molecule has 0 saturated carbocycles. The molecule has 0 spiro atoms. The second-order valence-electron chi connectivity index (χ2n) is 4.32. The Morgan fingerprint density at radius 1 is 0.826 bits per heavy atom. The number of hydrogen-bond acceptors (Lipinski definition) is 3. The average Bonchev–Trinajstić information content (AvgIpc) is 2.57. The van der Waals surface area contributed by atoms with E-state index in [1.807, 2.05) is 66.7 Å². The maximum atomic E-state index is 10.2. The summed E-state index contributed by atoms with van der Waals surface area (Å²) in [5.41, 5.74) is 1.60. The monoisotopic (exact) mass is 607 g/mol. The summed E-state index contributed by atoms with van der Waals surface area (Å²) in [6.45, 7) is 0. The molecule has 0 bridgehead atoms. The Morgan fingerprint density at radius 3 is 2.13 bits per heavy atom. The normalized spacial score (nSPS) is 9.39. The second kappa shape index (κ2) is 11.4. The van der Waals surface area contributed by atoms with Crippen molar-refractivity contribution >= 4 is 56.6 Å². The molecule has 1 N–H and O–H groups in total. The van der Waals surface area contributed by atoms with E-state index in [9.17, 15) is 5.11 Å². The van der Waals surface area contributed by atoms with Crippen LogP contribution in [-0.4, -0.2) is 11.3 Å². The van der Waals surface area contributed by atoms with Crippen LogP contribution in [-0.2, 0) is 23.2 Å². The molecule has 3 aromatic carbocycles. The number of para-hydroxylation sites is 1. The molecule has 0 saturated heterocycles. The van der Waals surface area contributed by atoms with Gasteiger partial charge >= 0.3 is 23.2 Å². The number of phenols is 1. The number of fused-ring (bicyclic) bond motifs is 1. The summed E-state index contributed by atoms with van der Waals surface area (Å²) in [4.78, 5) is 4.36. The third kappa shape index (κ3) is 5.76. The predicted molar refractivity (Wildman–Crippen MR) is 101 cm³/mol. The van der Waals surface area contributed by atoms with Crippen molar-refractivity contribution < 1.29 is 28.3 Å². The van der Waals surface area contributed by atoms with Gasteiger partial charge in [-0.1, -0.05) is 48.5 Å². The quantitative estimate of drug-likeness (QED) is 0.400. The van der Waals surface area contributed by atoms with E-state index in [1.165, 1.54) is 0 Å². The first-order valence-corrected chi connectivity index (χ1v) is 7.51. The van der Waals surface area contributed by atoms with Crippen LogP contribution >= 0.6 is 34.0 Å². The van der Waals surface area contributed by atoms with E-state index in [-0.39, 0.29) is 39.7 Å². The fraction of sp³-hybridized carbons (Fsp3) is 0. The number of phenolic OH excluding ortho intramolecular Hbond substituents is 1. The average molecular weight is 609 g/mol. The molecule has 0 aliphatic heterocycles. The minimum absolute atomic E-state index is 0. The van der Waals surface area contributed by atoms with Crippen molar-refractivity contribution in [1.29, 1.82) is 0 Å². The summed E-state index contributed by atoms with van der Waals surface area (Å²) in [5, 5.41) is 12.1. The van der Waals surface area contributed by atoms with Crippen LogP contribution in [0.15, 0.2) is 71.7 Å². The molecule has 0 amide bonds. The first-order chi connectivity index (χ1) is 10.3. The van der Waals surface area contributed by atoms with E-state index in [4.69, 9.17) is 3.40 Å². The third-order valence-electron chi connectivity index (χ3n) is 3.04. The number of rotatable bonds is 2. The minimum atomic E-state index is 0. The molecule has 3 aromatic rings. The molecule has 0 fully saturated rings. The molecule has 3 nitrogen and oxygen atoms in total. The van der Waals surface area contributed by atoms with Crippen molar-refractivity contribution in [2.24, 2.45) is 4.99 Å². The van der Waals surface area contributed by atoms with Crippen LogP contribution in [0.1, 0.15) is 5.56 Å². The van der Waals surface area contributed by atoms with E-state index in [2.05, 4.69) is 4.99 Å². The van der Waals surface area contributed by atoms with Gasteiger partial charge in [-0.2, -0.15) is 0 Å². The molecule has 3 rings (SSSR count). The molecule has 23 heavy (non-hydrogen) atoms. The van der Waals surface area contributed by atoms with Crippen LogP contribution < -0.4 is 0 Å². The number of nitrogens with zero attached hydrogens (tertiary/aromatic N) is 1. The van der Waals surface area contributed by atoms with Crippen LogP contribution in [0.2, 0.25) is 0 Å². The Hall–Kier alpha value is -1.16. The van der Waals surface area contributed by atoms with Crippen LogP contribution in [0.3, 0.4) is 0 Å². The Labute approximate surface area is 167 Å². The first kappa shape index (κ1) is 21.8. The van der Waals surface area contributed by atoms with Gasteiger partial charge in [0.1, 0.15) is 5.75 Å². The third-order valence-corrected chi connectivity index (χ3v) is 3.04. The summed E-state index contributed by atoms with van der Waals surface area (Å²) in [7, 11) is 0. The molecule has 0 aromatic heterocycles. The zero-order valence-corrected chi connectivity index (χ0v) is 18.3. The first-order valence-electron chi connectivity index (χ1n) is 6.31. The Bertz CT molecular complexity index is 767. The standard InChI is InChI=1S/C17H13NO.2BrH.O.W/c19-17-14(12-18-15-7-2-1-3-8-15)11-10-13-6-4-5-9-16(13)17;;;;/h1-12,19H;2*1H;;. The molecule has 0 aliphatic rings. The Balaban J connectivity index is 0.00000117. The van der Waals surface area contributed by atoms with Crippen molar-refractivity contribution in [2.75, 3.05) is 0 Å². The summed E-state index contributed by atoms with van der Waals surface area (Å²) < 4.78 is 8.33. The van der Waals surface area contributed by atoms with Gasteiger partial charge in [0.05, 0.1) is 5.69 Å². The molecule has 0 atom stereocenters.